The third kappa shape index (κ3) is 6.30. The molecule has 0 N–H and O–H groups in total. The van der Waals surface area contributed by atoms with Crippen molar-refractivity contribution in [1.29, 1.82) is 0 Å². The Morgan fingerprint density at radius 2 is 1.76 bits per heavy atom. The van der Waals surface area contributed by atoms with E-state index >= 15 is 0 Å². The molecular weight excluding hydrogens is 262 g/mol. The Hall–Kier alpha value is -1.35. The lowest BCUT2D eigenvalue weighted by atomic mass is 9.87. The Bertz CT molecular complexity index is 432. The first-order chi connectivity index (χ1) is 9.86. The molecule has 0 aromatic heterocycles. The van der Waals surface area contributed by atoms with Gasteiger partial charge in [-0.3, -0.25) is 9.69 Å². The molecule has 0 fully saturated rings. The van der Waals surface area contributed by atoms with Gasteiger partial charge in [-0.05, 0) is 36.4 Å². The van der Waals surface area contributed by atoms with Crippen LogP contribution in [0.15, 0.2) is 24.3 Å². The number of hydrogen-bond donors (Lipinski definition) is 0. The normalized spacial score (nSPS) is 11.7. The van der Waals surface area contributed by atoms with E-state index in [-0.39, 0.29) is 11.4 Å². The molecule has 0 aliphatic rings. The van der Waals surface area contributed by atoms with Crippen molar-refractivity contribution in [2.24, 2.45) is 0 Å². The summed E-state index contributed by atoms with van der Waals surface area (Å²) in [7, 11) is 0. The molecule has 0 aliphatic carbocycles. The van der Waals surface area contributed by atoms with Crippen molar-refractivity contribution in [2.45, 2.75) is 53.0 Å². The quantitative estimate of drug-likeness (QED) is 0.716. The zero-order valence-electron chi connectivity index (χ0n) is 14.1. The molecule has 0 heterocycles. The van der Waals surface area contributed by atoms with Crippen LogP contribution in [0.3, 0.4) is 0 Å². The average Bonchev–Trinajstić information content (AvgIpc) is 2.38. The predicted molar refractivity (Wildman–Crippen MR) is 87.3 cm³/mol. The summed E-state index contributed by atoms with van der Waals surface area (Å²) in [5, 5.41) is 0. The van der Waals surface area contributed by atoms with Gasteiger partial charge in [0.1, 0.15) is 0 Å². The number of carbonyl (C=O) groups excluding carboxylic acids is 1. The highest BCUT2D eigenvalue weighted by molar-refractivity contribution is 5.71. The molecule has 3 nitrogen and oxygen atoms in total. The molecule has 0 radical (unpaired) electrons. The minimum atomic E-state index is -0.141. The van der Waals surface area contributed by atoms with Gasteiger partial charge in [-0.15, -0.1) is 0 Å². The summed E-state index contributed by atoms with van der Waals surface area (Å²) in [5.41, 5.74) is 2.74. The predicted octanol–water partition coefficient (Wildman–Crippen LogP) is 3.76. The Labute approximate surface area is 129 Å². The van der Waals surface area contributed by atoms with Crippen LogP contribution in [0.4, 0.5) is 0 Å². The Morgan fingerprint density at radius 1 is 1.14 bits per heavy atom. The Morgan fingerprint density at radius 3 is 2.24 bits per heavy atom. The van der Waals surface area contributed by atoms with Crippen LogP contribution >= 0.6 is 0 Å². The van der Waals surface area contributed by atoms with Crippen LogP contribution in [0.1, 0.15) is 52.2 Å². The van der Waals surface area contributed by atoms with Crippen molar-refractivity contribution in [2.75, 3.05) is 19.7 Å². The number of hydrogen-bond acceptors (Lipinski definition) is 3. The fraction of sp³-hybridized carbons (Fsp3) is 0.611. The molecule has 3 heteroatoms. The number of nitrogens with zero attached hydrogens (tertiary/aromatic N) is 1. The van der Waals surface area contributed by atoms with Gasteiger partial charge >= 0.3 is 5.97 Å². The lowest BCUT2D eigenvalue weighted by Gasteiger charge is -2.22. The summed E-state index contributed by atoms with van der Waals surface area (Å²) < 4.78 is 5.04. The topological polar surface area (TPSA) is 29.5 Å². The van der Waals surface area contributed by atoms with Gasteiger partial charge in [0.2, 0.25) is 0 Å². The molecule has 1 aromatic carbocycles. The zero-order valence-corrected chi connectivity index (χ0v) is 14.1. The third-order valence-corrected chi connectivity index (χ3v) is 3.42. The van der Waals surface area contributed by atoms with Crippen LogP contribution in [0.25, 0.3) is 0 Å². The van der Waals surface area contributed by atoms with Crippen molar-refractivity contribution in [1.82, 2.24) is 4.90 Å². The van der Waals surface area contributed by atoms with Gasteiger partial charge in [-0.25, -0.2) is 0 Å². The Balaban J connectivity index is 2.68. The minimum Gasteiger partial charge on any atom is -0.465 e. The van der Waals surface area contributed by atoms with E-state index in [0.717, 1.165) is 19.5 Å². The molecule has 0 spiro atoms. The van der Waals surface area contributed by atoms with Crippen molar-refractivity contribution in [3.63, 3.8) is 0 Å². The van der Waals surface area contributed by atoms with Crippen LogP contribution in [0, 0.1) is 0 Å². The van der Waals surface area contributed by atoms with E-state index in [1.807, 2.05) is 6.92 Å². The van der Waals surface area contributed by atoms with Gasteiger partial charge in [-0.1, -0.05) is 52.0 Å². The summed E-state index contributed by atoms with van der Waals surface area (Å²) in [6.07, 6.45) is 1.03. The summed E-state index contributed by atoms with van der Waals surface area (Å²) in [4.78, 5) is 13.8. The molecule has 0 amide bonds. The maximum atomic E-state index is 11.6. The Kier molecular flexibility index (Phi) is 6.90. The van der Waals surface area contributed by atoms with Crippen LogP contribution < -0.4 is 0 Å². The summed E-state index contributed by atoms with van der Waals surface area (Å²) in [6, 6.07) is 8.69. The van der Waals surface area contributed by atoms with E-state index in [0.29, 0.717) is 13.2 Å². The lowest BCUT2D eigenvalue weighted by molar-refractivity contribution is -0.144. The second-order valence-electron chi connectivity index (χ2n) is 6.46. The molecule has 0 unspecified atom stereocenters. The molecular formula is C18H29NO2. The fourth-order valence-corrected chi connectivity index (χ4v) is 2.29. The van der Waals surface area contributed by atoms with Crippen molar-refractivity contribution in [3.8, 4) is 0 Å². The van der Waals surface area contributed by atoms with Crippen LogP contribution in [-0.4, -0.2) is 30.6 Å². The van der Waals surface area contributed by atoms with Crippen LogP contribution in [-0.2, 0) is 21.5 Å². The van der Waals surface area contributed by atoms with Gasteiger partial charge in [0.25, 0.3) is 0 Å². The highest BCUT2D eigenvalue weighted by atomic mass is 16.5. The number of ether oxygens (including phenoxy) is 1. The molecule has 0 saturated heterocycles. The second-order valence-corrected chi connectivity index (χ2v) is 6.46. The van der Waals surface area contributed by atoms with Gasteiger partial charge in [0.05, 0.1) is 13.2 Å². The summed E-state index contributed by atoms with van der Waals surface area (Å²) >= 11 is 0. The standard InChI is InChI=1S/C18H29NO2/c1-6-12-19(14-17(20)21-7-2)13-15-8-10-16(11-9-15)18(3,4)5/h8-11H,6-7,12-14H2,1-5H3. The first kappa shape index (κ1) is 17.7. The monoisotopic (exact) mass is 291 g/mol. The largest absolute Gasteiger partial charge is 0.465 e. The molecule has 0 aliphatic heterocycles. The number of rotatable bonds is 7. The second kappa shape index (κ2) is 8.18. The minimum absolute atomic E-state index is 0.141. The number of esters is 1. The van der Waals surface area contributed by atoms with Crippen molar-refractivity contribution >= 4 is 5.97 Å². The first-order valence-electron chi connectivity index (χ1n) is 7.84. The summed E-state index contributed by atoms with van der Waals surface area (Å²) in [5.74, 6) is -0.141. The van der Waals surface area contributed by atoms with E-state index < -0.39 is 0 Å². The van der Waals surface area contributed by atoms with Crippen molar-refractivity contribution < 1.29 is 9.53 Å². The number of carbonyl (C=O) groups is 1. The van der Waals surface area contributed by atoms with E-state index in [2.05, 4.69) is 56.9 Å². The maximum Gasteiger partial charge on any atom is 0.320 e. The molecule has 1 aromatic rings. The SMILES string of the molecule is CCCN(CC(=O)OCC)Cc1ccc(C(C)(C)C)cc1. The lowest BCUT2D eigenvalue weighted by Crippen LogP contribution is -2.31. The molecule has 21 heavy (non-hydrogen) atoms. The highest BCUT2D eigenvalue weighted by Gasteiger charge is 2.14. The first-order valence-corrected chi connectivity index (χ1v) is 7.84. The molecule has 0 atom stereocenters. The van der Waals surface area contributed by atoms with E-state index in [9.17, 15) is 4.79 Å². The van der Waals surface area contributed by atoms with Gasteiger partial charge < -0.3 is 4.74 Å². The van der Waals surface area contributed by atoms with Gasteiger partial charge in [0.15, 0.2) is 0 Å². The molecule has 118 valence electrons. The maximum absolute atomic E-state index is 11.6. The number of benzene rings is 1. The fourth-order valence-electron chi connectivity index (χ4n) is 2.29. The average molecular weight is 291 g/mol. The zero-order chi connectivity index (χ0) is 15.9. The van der Waals surface area contributed by atoms with E-state index in [1.165, 1.54) is 11.1 Å². The van der Waals surface area contributed by atoms with Crippen LogP contribution in [0.2, 0.25) is 0 Å². The molecule has 0 bridgehead atoms. The van der Waals surface area contributed by atoms with Gasteiger partial charge in [-0.2, -0.15) is 0 Å². The van der Waals surface area contributed by atoms with Crippen molar-refractivity contribution in [3.05, 3.63) is 35.4 Å². The molecule has 1 rings (SSSR count). The highest BCUT2D eigenvalue weighted by Crippen LogP contribution is 2.22. The van der Waals surface area contributed by atoms with E-state index in [1.54, 1.807) is 0 Å². The smallest absolute Gasteiger partial charge is 0.320 e. The third-order valence-electron chi connectivity index (χ3n) is 3.42. The van der Waals surface area contributed by atoms with E-state index in [4.69, 9.17) is 4.74 Å². The molecule has 0 saturated carbocycles. The van der Waals surface area contributed by atoms with Gasteiger partial charge in [0, 0.05) is 6.54 Å². The summed E-state index contributed by atoms with van der Waals surface area (Å²) in [6.45, 7) is 13.1. The van der Waals surface area contributed by atoms with Crippen LogP contribution in [0.5, 0.6) is 0 Å².